The highest BCUT2D eigenvalue weighted by atomic mass is 15.1. The van der Waals surface area contributed by atoms with Crippen molar-refractivity contribution >= 4 is 0 Å². The van der Waals surface area contributed by atoms with E-state index >= 15 is 0 Å². The number of likely N-dealkylation sites (N-methyl/N-ethyl adjacent to an activating group) is 1. The first-order valence-corrected chi connectivity index (χ1v) is 4.94. The molecule has 0 aliphatic carbocycles. The maximum absolute atomic E-state index is 5.84. The van der Waals surface area contributed by atoms with E-state index in [-0.39, 0.29) is 6.04 Å². The molecule has 0 aliphatic heterocycles. The molecule has 1 aromatic rings. The molecule has 4 nitrogen and oxygen atoms in total. The van der Waals surface area contributed by atoms with Gasteiger partial charge in [0.05, 0.1) is 12.0 Å². The van der Waals surface area contributed by atoms with Crippen LogP contribution in [0.15, 0.2) is 12.5 Å². The zero-order chi connectivity index (χ0) is 10.7. The molecule has 0 amide bonds. The number of nitrogens with two attached hydrogens (primary N) is 1. The van der Waals surface area contributed by atoms with Gasteiger partial charge in [0.1, 0.15) is 0 Å². The van der Waals surface area contributed by atoms with Gasteiger partial charge in [-0.3, -0.25) is 0 Å². The fourth-order valence-electron chi connectivity index (χ4n) is 1.31. The molecule has 0 bridgehead atoms. The number of hydrogen-bond acceptors (Lipinski definition) is 3. The summed E-state index contributed by atoms with van der Waals surface area (Å²) in [5, 5.41) is 0. The minimum absolute atomic E-state index is 0.0480. The fraction of sp³-hybridized carbons (Fsp3) is 0.700. The summed E-state index contributed by atoms with van der Waals surface area (Å²) < 4.78 is 2.12. The van der Waals surface area contributed by atoms with E-state index in [9.17, 15) is 0 Å². The first-order valence-electron chi connectivity index (χ1n) is 4.94. The Morgan fingerprint density at radius 3 is 2.64 bits per heavy atom. The average Bonchev–Trinajstić information content (AvgIpc) is 2.52. The van der Waals surface area contributed by atoms with Gasteiger partial charge in [0.15, 0.2) is 0 Å². The Kier molecular flexibility index (Phi) is 3.66. The predicted molar refractivity (Wildman–Crippen MR) is 58.0 cm³/mol. The first-order chi connectivity index (χ1) is 6.52. The topological polar surface area (TPSA) is 47.1 Å². The average molecular weight is 196 g/mol. The van der Waals surface area contributed by atoms with Crippen molar-refractivity contribution in [2.45, 2.75) is 32.5 Å². The molecule has 0 aliphatic rings. The lowest BCUT2D eigenvalue weighted by Crippen LogP contribution is -2.30. The largest absolute Gasteiger partial charge is 0.332 e. The maximum Gasteiger partial charge on any atom is 0.0949 e. The summed E-state index contributed by atoms with van der Waals surface area (Å²) in [5.41, 5.74) is 6.93. The zero-order valence-corrected chi connectivity index (χ0v) is 9.44. The van der Waals surface area contributed by atoms with Crippen LogP contribution in [-0.4, -0.2) is 34.6 Å². The van der Waals surface area contributed by atoms with Crippen LogP contribution in [0.5, 0.6) is 0 Å². The summed E-state index contributed by atoms with van der Waals surface area (Å²) in [6.45, 7) is 5.10. The molecule has 1 heterocycles. The maximum atomic E-state index is 5.84. The summed E-state index contributed by atoms with van der Waals surface area (Å²) in [6.07, 6.45) is 3.69. The second-order valence-corrected chi connectivity index (χ2v) is 4.07. The molecule has 1 rings (SSSR count). The number of imidazole rings is 1. The molecule has 0 spiro atoms. The number of nitrogens with zero attached hydrogens (tertiary/aromatic N) is 3. The van der Waals surface area contributed by atoms with Gasteiger partial charge >= 0.3 is 0 Å². The third-order valence-corrected chi connectivity index (χ3v) is 2.55. The normalized spacial score (nSPS) is 15.9. The minimum atomic E-state index is 0.0480. The monoisotopic (exact) mass is 196 g/mol. The summed E-state index contributed by atoms with van der Waals surface area (Å²) in [6, 6.07) is 0.536. The molecule has 4 heteroatoms. The molecule has 0 saturated carbocycles. The van der Waals surface area contributed by atoms with Gasteiger partial charge in [-0.05, 0) is 27.9 Å². The lowest BCUT2D eigenvalue weighted by atomic mass is 10.2. The number of hydrogen-bond donors (Lipinski definition) is 1. The van der Waals surface area contributed by atoms with Crippen molar-refractivity contribution in [3.63, 3.8) is 0 Å². The summed E-state index contributed by atoms with van der Waals surface area (Å²) in [5.74, 6) is 0. The van der Waals surface area contributed by atoms with E-state index in [2.05, 4.69) is 35.5 Å². The van der Waals surface area contributed by atoms with Crippen LogP contribution < -0.4 is 5.73 Å². The minimum Gasteiger partial charge on any atom is -0.332 e. The Bertz CT molecular complexity index is 277. The van der Waals surface area contributed by atoms with Crippen LogP contribution in [-0.2, 0) is 6.54 Å². The van der Waals surface area contributed by atoms with Gasteiger partial charge in [0.25, 0.3) is 0 Å². The Labute approximate surface area is 85.7 Å². The van der Waals surface area contributed by atoms with Crippen molar-refractivity contribution in [1.29, 1.82) is 0 Å². The molecule has 0 saturated heterocycles. The second kappa shape index (κ2) is 4.57. The standard InChI is InChI=1S/C10H20N4/c1-8(13(3)4)6-14-7-12-5-10(14)9(2)11/h5,7-9H,6,11H2,1-4H3/t8?,9-/m1/s1. The van der Waals surface area contributed by atoms with E-state index < -0.39 is 0 Å². The van der Waals surface area contributed by atoms with Crippen molar-refractivity contribution in [1.82, 2.24) is 14.5 Å². The van der Waals surface area contributed by atoms with Gasteiger partial charge in [0.2, 0.25) is 0 Å². The van der Waals surface area contributed by atoms with Crippen molar-refractivity contribution in [2.75, 3.05) is 14.1 Å². The van der Waals surface area contributed by atoms with Crippen LogP contribution in [0.25, 0.3) is 0 Å². The summed E-state index contributed by atoms with van der Waals surface area (Å²) >= 11 is 0. The fourth-order valence-corrected chi connectivity index (χ4v) is 1.31. The molecule has 0 aromatic carbocycles. The van der Waals surface area contributed by atoms with E-state index in [1.54, 1.807) is 0 Å². The lowest BCUT2D eigenvalue weighted by molar-refractivity contribution is 0.281. The highest BCUT2D eigenvalue weighted by Crippen LogP contribution is 2.10. The second-order valence-electron chi connectivity index (χ2n) is 4.07. The van der Waals surface area contributed by atoms with Gasteiger partial charge in [-0.2, -0.15) is 0 Å². The highest BCUT2D eigenvalue weighted by molar-refractivity contribution is 5.03. The van der Waals surface area contributed by atoms with E-state index in [1.165, 1.54) is 0 Å². The van der Waals surface area contributed by atoms with Crippen molar-refractivity contribution in [3.8, 4) is 0 Å². The van der Waals surface area contributed by atoms with Gasteiger partial charge in [0, 0.05) is 24.8 Å². The third-order valence-electron chi connectivity index (χ3n) is 2.55. The smallest absolute Gasteiger partial charge is 0.0949 e. The molecule has 1 aromatic heterocycles. The van der Waals surface area contributed by atoms with Crippen LogP contribution >= 0.6 is 0 Å². The quantitative estimate of drug-likeness (QED) is 0.776. The van der Waals surface area contributed by atoms with Crippen LogP contribution in [0, 0.1) is 0 Å². The molecule has 0 radical (unpaired) electrons. The zero-order valence-electron chi connectivity index (χ0n) is 9.44. The van der Waals surface area contributed by atoms with Crippen molar-refractivity contribution in [2.24, 2.45) is 5.73 Å². The predicted octanol–water partition coefficient (Wildman–Crippen LogP) is 0.853. The highest BCUT2D eigenvalue weighted by Gasteiger charge is 2.10. The van der Waals surface area contributed by atoms with Crippen LogP contribution in [0.3, 0.4) is 0 Å². The van der Waals surface area contributed by atoms with Gasteiger partial charge < -0.3 is 15.2 Å². The molecule has 80 valence electrons. The molecular weight excluding hydrogens is 176 g/mol. The Hall–Kier alpha value is -0.870. The van der Waals surface area contributed by atoms with E-state index in [1.807, 2.05) is 19.4 Å². The van der Waals surface area contributed by atoms with E-state index in [4.69, 9.17) is 5.73 Å². The summed E-state index contributed by atoms with van der Waals surface area (Å²) in [7, 11) is 4.15. The first kappa shape index (κ1) is 11.2. The Morgan fingerprint density at radius 2 is 2.14 bits per heavy atom. The Balaban J connectivity index is 2.71. The van der Waals surface area contributed by atoms with Gasteiger partial charge in [-0.15, -0.1) is 0 Å². The van der Waals surface area contributed by atoms with E-state index in [0.29, 0.717) is 6.04 Å². The van der Waals surface area contributed by atoms with Gasteiger partial charge in [-0.1, -0.05) is 0 Å². The molecule has 2 N–H and O–H groups in total. The molecule has 14 heavy (non-hydrogen) atoms. The number of aromatic nitrogens is 2. The lowest BCUT2D eigenvalue weighted by Gasteiger charge is -2.21. The molecule has 2 atom stereocenters. The Morgan fingerprint density at radius 1 is 1.50 bits per heavy atom. The van der Waals surface area contributed by atoms with Crippen molar-refractivity contribution < 1.29 is 0 Å². The van der Waals surface area contributed by atoms with Gasteiger partial charge in [-0.25, -0.2) is 4.98 Å². The van der Waals surface area contributed by atoms with Crippen LogP contribution in [0.1, 0.15) is 25.6 Å². The van der Waals surface area contributed by atoms with E-state index in [0.717, 1.165) is 12.2 Å². The molecule has 0 fully saturated rings. The van der Waals surface area contributed by atoms with Crippen LogP contribution in [0.2, 0.25) is 0 Å². The molecular formula is C10H20N4. The molecule has 1 unspecified atom stereocenters. The third kappa shape index (κ3) is 2.56. The summed E-state index contributed by atoms with van der Waals surface area (Å²) in [4.78, 5) is 6.31. The SMILES string of the molecule is CC(Cn1cncc1[C@@H](C)N)N(C)C. The van der Waals surface area contributed by atoms with Crippen LogP contribution in [0.4, 0.5) is 0 Å². The number of rotatable bonds is 4. The van der Waals surface area contributed by atoms with Crippen molar-refractivity contribution in [3.05, 3.63) is 18.2 Å².